The second kappa shape index (κ2) is 4.39. The second-order valence-electron chi connectivity index (χ2n) is 5.95. The van der Waals surface area contributed by atoms with E-state index in [4.69, 9.17) is 5.73 Å². The zero-order chi connectivity index (χ0) is 13.5. The molecule has 2 unspecified atom stereocenters. The first-order chi connectivity index (χ1) is 8.34. The summed E-state index contributed by atoms with van der Waals surface area (Å²) in [5.41, 5.74) is 6.73. The molecule has 5 nitrogen and oxygen atoms in total. The lowest BCUT2D eigenvalue weighted by Gasteiger charge is -2.49. The van der Waals surface area contributed by atoms with E-state index in [0.29, 0.717) is 5.82 Å². The molecule has 2 rings (SSSR count). The maximum absolute atomic E-state index is 9.76. The Morgan fingerprint density at radius 3 is 2.61 bits per heavy atom. The fourth-order valence-electron chi connectivity index (χ4n) is 2.41. The van der Waals surface area contributed by atoms with E-state index in [1.165, 1.54) is 6.33 Å². The van der Waals surface area contributed by atoms with E-state index in [9.17, 15) is 5.11 Å². The first-order valence-corrected chi connectivity index (χ1v) is 6.39. The standard InChI is InChI=1S/C13H22N4O/c1-7(2)10-11(14)15-6-16-12(10)17-8-5-9(18)13(8,3)4/h6-9,18H,5H2,1-4H3,(H3,14,15,16,17). The van der Waals surface area contributed by atoms with E-state index < -0.39 is 0 Å². The van der Waals surface area contributed by atoms with Crippen molar-refractivity contribution in [3.05, 3.63) is 11.9 Å². The normalized spacial score (nSPS) is 25.9. The average molecular weight is 250 g/mol. The van der Waals surface area contributed by atoms with Gasteiger partial charge in [-0.2, -0.15) is 0 Å². The predicted molar refractivity (Wildman–Crippen MR) is 72.3 cm³/mol. The Hall–Kier alpha value is -1.36. The molecule has 100 valence electrons. The second-order valence-corrected chi connectivity index (χ2v) is 5.95. The van der Waals surface area contributed by atoms with Gasteiger partial charge in [0.2, 0.25) is 0 Å². The summed E-state index contributed by atoms with van der Waals surface area (Å²) in [6, 6.07) is 0.222. The fourth-order valence-corrected chi connectivity index (χ4v) is 2.41. The van der Waals surface area contributed by atoms with Crippen LogP contribution in [0.25, 0.3) is 0 Å². The van der Waals surface area contributed by atoms with Crippen LogP contribution in [-0.2, 0) is 0 Å². The van der Waals surface area contributed by atoms with E-state index in [0.717, 1.165) is 17.8 Å². The Balaban J connectivity index is 2.23. The number of hydrogen-bond donors (Lipinski definition) is 3. The minimum Gasteiger partial charge on any atom is -0.392 e. The molecule has 0 radical (unpaired) electrons. The minimum atomic E-state index is -0.253. The molecule has 1 aromatic rings. The first kappa shape index (κ1) is 13.1. The lowest BCUT2D eigenvalue weighted by Crippen LogP contribution is -2.57. The molecular weight excluding hydrogens is 228 g/mol. The van der Waals surface area contributed by atoms with E-state index in [2.05, 4.69) is 43.0 Å². The number of hydrogen-bond acceptors (Lipinski definition) is 5. The van der Waals surface area contributed by atoms with E-state index in [1.54, 1.807) is 0 Å². The van der Waals surface area contributed by atoms with Crippen molar-refractivity contribution >= 4 is 11.6 Å². The summed E-state index contributed by atoms with van der Waals surface area (Å²) < 4.78 is 0. The molecule has 18 heavy (non-hydrogen) atoms. The lowest BCUT2D eigenvalue weighted by molar-refractivity contribution is -0.0511. The van der Waals surface area contributed by atoms with Crippen molar-refractivity contribution in [3.63, 3.8) is 0 Å². The van der Waals surface area contributed by atoms with Crippen LogP contribution in [-0.4, -0.2) is 27.2 Å². The Morgan fingerprint density at radius 2 is 2.11 bits per heavy atom. The monoisotopic (exact) mass is 250 g/mol. The molecular formula is C13H22N4O. The molecule has 1 fully saturated rings. The molecule has 1 aliphatic carbocycles. The van der Waals surface area contributed by atoms with Crippen LogP contribution in [0, 0.1) is 5.41 Å². The third-order valence-electron chi connectivity index (χ3n) is 4.02. The Kier molecular flexibility index (Phi) is 3.19. The zero-order valence-electron chi connectivity index (χ0n) is 11.4. The van der Waals surface area contributed by atoms with Gasteiger partial charge in [0.05, 0.1) is 6.10 Å². The summed E-state index contributed by atoms with van der Waals surface area (Å²) in [5, 5.41) is 13.2. The van der Waals surface area contributed by atoms with Gasteiger partial charge >= 0.3 is 0 Å². The average Bonchev–Trinajstić information content (AvgIpc) is 2.28. The summed E-state index contributed by atoms with van der Waals surface area (Å²) in [6.07, 6.45) is 1.97. The molecule has 0 aromatic carbocycles. The number of nitrogens with two attached hydrogens (primary N) is 1. The summed E-state index contributed by atoms with van der Waals surface area (Å²) in [6.45, 7) is 8.25. The van der Waals surface area contributed by atoms with Crippen molar-refractivity contribution in [1.82, 2.24) is 9.97 Å². The van der Waals surface area contributed by atoms with Crippen LogP contribution in [0.1, 0.15) is 45.6 Å². The van der Waals surface area contributed by atoms with Crippen LogP contribution in [0.3, 0.4) is 0 Å². The SMILES string of the molecule is CC(C)c1c(N)ncnc1NC1CC(O)C1(C)C. The van der Waals surface area contributed by atoms with Gasteiger partial charge in [0.25, 0.3) is 0 Å². The van der Waals surface area contributed by atoms with E-state index in [1.807, 2.05) is 0 Å². The Morgan fingerprint density at radius 1 is 1.44 bits per heavy atom. The van der Waals surface area contributed by atoms with Crippen molar-refractivity contribution in [2.45, 2.75) is 52.2 Å². The number of anilines is 2. The highest BCUT2D eigenvalue weighted by Gasteiger charge is 2.47. The molecule has 1 heterocycles. The highest BCUT2D eigenvalue weighted by Crippen LogP contribution is 2.42. The molecule has 2 atom stereocenters. The maximum Gasteiger partial charge on any atom is 0.135 e. The summed E-state index contributed by atoms with van der Waals surface area (Å²) in [7, 11) is 0. The van der Waals surface area contributed by atoms with E-state index >= 15 is 0 Å². The van der Waals surface area contributed by atoms with Gasteiger partial charge in [0.15, 0.2) is 0 Å². The van der Waals surface area contributed by atoms with Crippen molar-refractivity contribution in [2.75, 3.05) is 11.1 Å². The van der Waals surface area contributed by atoms with Crippen molar-refractivity contribution in [3.8, 4) is 0 Å². The third-order valence-corrected chi connectivity index (χ3v) is 4.02. The van der Waals surface area contributed by atoms with Crippen LogP contribution in [0.2, 0.25) is 0 Å². The van der Waals surface area contributed by atoms with Crippen molar-refractivity contribution in [1.29, 1.82) is 0 Å². The van der Waals surface area contributed by atoms with Crippen LogP contribution in [0.4, 0.5) is 11.6 Å². The van der Waals surface area contributed by atoms with Crippen LogP contribution in [0.5, 0.6) is 0 Å². The number of nitrogen functional groups attached to an aromatic ring is 1. The number of rotatable bonds is 3. The van der Waals surface area contributed by atoms with Crippen molar-refractivity contribution < 1.29 is 5.11 Å². The van der Waals surface area contributed by atoms with Crippen LogP contribution < -0.4 is 11.1 Å². The number of nitrogens with one attached hydrogen (secondary N) is 1. The van der Waals surface area contributed by atoms with Crippen LogP contribution >= 0.6 is 0 Å². The molecule has 1 saturated carbocycles. The molecule has 4 N–H and O–H groups in total. The van der Waals surface area contributed by atoms with E-state index in [-0.39, 0.29) is 23.5 Å². The molecule has 5 heteroatoms. The maximum atomic E-state index is 9.76. The smallest absolute Gasteiger partial charge is 0.135 e. The lowest BCUT2D eigenvalue weighted by atomic mass is 9.64. The van der Waals surface area contributed by atoms with Crippen LogP contribution in [0.15, 0.2) is 6.33 Å². The van der Waals surface area contributed by atoms with Gasteiger partial charge in [0.1, 0.15) is 18.0 Å². The molecule has 0 aliphatic heterocycles. The third kappa shape index (κ3) is 2.03. The highest BCUT2D eigenvalue weighted by molar-refractivity contribution is 5.57. The zero-order valence-corrected chi connectivity index (χ0v) is 11.4. The van der Waals surface area contributed by atoms with Gasteiger partial charge in [0, 0.05) is 17.0 Å². The van der Waals surface area contributed by atoms with Gasteiger partial charge in [-0.1, -0.05) is 27.7 Å². The summed E-state index contributed by atoms with van der Waals surface area (Å²) in [4.78, 5) is 8.33. The highest BCUT2D eigenvalue weighted by atomic mass is 16.3. The minimum absolute atomic E-state index is 0.131. The molecule has 0 saturated heterocycles. The molecule has 0 bridgehead atoms. The molecule has 0 amide bonds. The topological polar surface area (TPSA) is 84.1 Å². The van der Waals surface area contributed by atoms with Gasteiger partial charge < -0.3 is 16.2 Å². The number of aliphatic hydroxyl groups is 1. The molecule has 1 aromatic heterocycles. The first-order valence-electron chi connectivity index (χ1n) is 6.39. The number of nitrogens with zero attached hydrogens (tertiary/aromatic N) is 2. The number of aliphatic hydroxyl groups excluding tert-OH is 1. The van der Waals surface area contributed by atoms with Gasteiger partial charge in [-0.05, 0) is 12.3 Å². The van der Waals surface area contributed by atoms with Crippen molar-refractivity contribution in [2.24, 2.45) is 5.41 Å². The Labute approximate surface area is 108 Å². The molecule has 0 spiro atoms. The molecule has 1 aliphatic rings. The fraction of sp³-hybridized carbons (Fsp3) is 0.692. The number of aromatic nitrogens is 2. The summed E-state index contributed by atoms with van der Waals surface area (Å²) in [5.74, 6) is 1.59. The van der Waals surface area contributed by atoms with Gasteiger partial charge in [-0.25, -0.2) is 9.97 Å². The Bertz CT molecular complexity index is 445. The predicted octanol–water partition coefficient (Wildman–Crippen LogP) is 1.75. The summed E-state index contributed by atoms with van der Waals surface area (Å²) >= 11 is 0. The van der Waals surface area contributed by atoms with Gasteiger partial charge in [-0.15, -0.1) is 0 Å². The largest absolute Gasteiger partial charge is 0.392 e. The van der Waals surface area contributed by atoms with Gasteiger partial charge in [-0.3, -0.25) is 0 Å². The quantitative estimate of drug-likeness (QED) is 0.761.